The Morgan fingerprint density at radius 2 is 1.77 bits per heavy atom. The number of fused-ring (bicyclic) bond motifs is 1. The summed E-state index contributed by atoms with van der Waals surface area (Å²) < 4.78 is 3.91. The Labute approximate surface area is 183 Å². The second kappa shape index (κ2) is 7.97. The summed E-state index contributed by atoms with van der Waals surface area (Å²) in [4.78, 5) is 6.09. The van der Waals surface area contributed by atoms with Crippen LogP contribution >= 0.6 is 23.4 Å². The predicted octanol–water partition coefficient (Wildman–Crippen LogP) is 5.68. The summed E-state index contributed by atoms with van der Waals surface area (Å²) in [6, 6.07) is 22.2. The van der Waals surface area contributed by atoms with Crippen LogP contribution in [0.2, 0.25) is 5.02 Å². The van der Waals surface area contributed by atoms with Crippen molar-refractivity contribution in [1.82, 2.24) is 24.4 Å². The van der Waals surface area contributed by atoms with Crippen molar-refractivity contribution >= 4 is 29.0 Å². The van der Waals surface area contributed by atoms with E-state index in [2.05, 4.69) is 40.8 Å². The lowest BCUT2D eigenvalue weighted by Crippen LogP contribution is -2.00. The van der Waals surface area contributed by atoms with E-state index in [4.69, 9.17) is 16.6 Å². The normalized spacial score (nSPS) is 11.3. The van der Waals surface area contributed by atoms with Crippen LogP contribution in [-0.2, 0) is 6.54 Å². The molecule has 0 bridgehead atoms. The molecule has 0 N–H and O–H groups in total. The molecule has 0 aliphatic carbocycles. The van der Waals surface area contributed by atoms with Crippen LogP contribution in [-0.4, -0.2) is 30.6 Å². The molecule has 0 fully saturated rings. The summed E-state index contributed by atoms with van der Waals surface area (Å²) >= 11 is 7.82. The number of benzene rings is 2. The summed E-state index contributed by atoms with van der Waals surface area (Å²) in [5.74, 6) is 0. The van der Waals surface area contributed by atoms with Gasteiger partial charge in [-0.1, -0.05) is 47.1 Å². The van der Waals surface area contributed by atoms with Gasteiger partial charge in [-0.25, -0.2) is 9.67 Å². The maximum absolute atomic E-state index is 6.08. The smallest absolute Gasteiger partial charge is 0.137 e. The lowest BCUT2D eigenvalue weighted by molar-refractivity contribution is 0.649. The standard InChI is InChI=1S/C23H18ClN5S/c1-30-19-11-5-16(6-12-19)14-28-15-20(26-27-28)23-22(17-7-9-18(24)10-8-17)25-21-4-2-3-13-29(21)23/h2-13,15H,14H2,1H3. The molecule has 148 valence electrons. The lowest BCUT2D eigenvalue weighted by Gasteiger charge is -2.03. The fraction of sp³-hybridized carbons (Fsp3) is 0.0870. The molecule has 0 unspecified atom stereocenters. The Morgan fingerprint density at radius 1 is 0.967 bits per heavy atom. The monoisotopic (exact) mass is 431 g/mol. The number of hydrogen-bond acceptors (Lipinski definition) is 4. The maximum Gasteiger partial charge on any atom is 0.137 e. The van der Waals surface area contributed by atoms with Gasteiger partial charge in [-0.2, -0.15) is 0 Å². The molecule has 3 aromatic heterocycles. The maximum atomic E-state index is 6.08. The zero-order valence-electron chi connectivity index (χ0n) is 16.2. The molecule has 0 aliphatic heterocycles. The first-order valence-corrected chi connectivity index (χ1v) is 11.1. The molecule has 0 saturated heterocycles. The van der Waals surface area contributed by atoms with Crippen LogP contribution in [0.3, 0.4) is 0 Å². The summed E-state index contributed by atoms with van der Waals surface area (Å²) in [6.45, 7) is 0.661. The Bertz CT molecular complexity index is 1310. The molecule has 0 atom stereocenters. The number of aromatic nitrogens is 5. The SMILES string of the molecule is CSc1ccc(Cn2cc(-c3c(-c4ccc(Cl)cc4)nc4ccccn34)nn2)cc1. The zero-order chi connectivity index (χ0) is 20.5. The van der Waals surface area contributed by atoms with Gasteiger partial charge >= 0.3 is 0 Å². The van der Waals surface area contributed by atoms with E-state index in [1.165, 1.54) is 10.5 Å². The fourth-order valence-electron chi connectivity index (χ4n) is 3.45. The highest BCUT2D eigenvalue weighted by Gasteiger charge is 2.18. The van der Waals surface area contributed by atoms with Gasteiger partial charge in [-0.05, 0) is 48.2 Å². The summed E-state index contributed by atoms with van der Waals surface area (Å²) in [7, 11) is 0. The molecule has 7 heteroatoms. The third-order valence-electron chi connectivity index (χ3n) is 4.93. The van der Waals surface area contributed by atoms with Crippen molar-refractivity contribution in [1.29, 1.82) is 0 Å². The summed E-state index contributed by atoms with van der Waals surface area (Å²) in [5, 5.41) is 9.53. The predicted molar refractivity (Wildman–Crippen MR) is 122 cm³/mol. The largest absolute Gasteiger partial charge is 0.298 e. The first kappa shape index (κ1) is 18.9. The van der Waals surface area contributed by atoms with Crippen molar-refractivity contribution in [2.45, 2.75) is 11.4 Å². The fourth-order valence-corrected chi connectivity index (χ4v) is 3.99. The van der Waals surface area contributed by atoms with Gasteiger partial charge in [0.25, 0.3) is 0 Å². The van der Waals surface area contributed by atoms with Gasteiger partial charge in [0.1, 0.15) is 17.0 Å². The van der Waals surface area contributed by atoms with Crippen LogP contribution in [0.25, 0.3) is 28.3 Å². The number of hydrogen-bond donors (Lipinski definition) is 0. The minimum absolute atomic E-state index is 0.661. The van der Waals surface area contributed by atoms with E-state index in [9.17, 15) is 0 Å². The minimum atomic E-state index is 0.661. The zero-order valence-corrected chi connectivity index (χ0v) is 17.8. The lowest BCUT2D eigenvalue weighted by atomic mass is 10.1. The molecule has 0 amide bonds. The van der Waals surface area contributed by atoms with Gasteiger partial charge < -0.3 is 0 Å². The van der Waals surface area contributed by atoms with Crippen LogP contribution in [0.1, 0.15) is 5.56 Å². The van der Waals surface area contributed by atoms with Gasteiger partial charge in [0.2, 0.25) is 0 Å². The van der Waals surface area contributed by atoms with Crippen LogP contribution in [0, 0.1) is 0 Å². The molecular weight excluding hydrogens is 414 g/mol. The molecule has 5 aromatic rings. The summed E-state index contributed by atoms with van der Waals surface area (Å²) in [5.41, 5.74) is 5.57. The average molecular weight is 432 g/mol. The molecule has 0 aliphatic rings. The molecular formula is C23H18ClN5S. The van der Waals surface area contributed by atoms with Crippen molar-refractivity contribution in [3.8, 4) is 22.6 Å². The van der Waals surface area contributed by atoms with Gasteiger partial charge in [0.05, 0.1) is 18.4 Å². The molecule has 0 saturated carbocycles. The van der Waals surface area contributed by atoms with Crippen LogP contribution in [0.15, 0.2) is 84.0 Å². The van der Waals surface area contributed by atoms with Crippen molar-refractivity contribution in [2.75, 3.05) is 6.26 Å². The molecule has 0 radical (unpaired) electrons. The second-order valence-electron chi connectivity index (χ2n) is 6.89. The minimum Gasteiger partial charge on any atom is -0.298 e. The highest BCUT2D eigenvalue weighted by atomic mass is 35.5. The number of thioether (sulfide) groups is 1. The highest BCUT2D eigenvalue weighted by molar-refractivity contribution is 7.98. The van der Waals surface area contributed by atoms with Crippen molar-refractivity contribution < 1.29 is 0 Å². The van der Waals surface area contributed by atoms with E-state index in [0.717, 1.165) is 28.3 Å². The van der Waals surface area contributed by atoms with E-state index in [1.54, 1.807) is 11.8 Å². The topological polar surface area (TPSA) is 48.0 Å². The van der Waals surface area contributed by atoms with Gasteiger partial charge in [-0.3, -0.25) is 4.40 Å². The third kappa shape index (κ3) is 3.60. The Hall–Kier alpha value is -3.09. The molecule has 2 aromatic carbocycles. The van der Waals surface area contributed by atoms with Crippen molar-refractivity contribution in [3.63, 3.8) is 0 Å². The first-order chi connectivity index (χ1) is 14.7. The molecule has 5 nitrogen and oxygen atoms in total. The molecule has 5 rings (SSSR count). The quantitative estimate of drug-likeness (QED) is 0.336. The highest BCUT2D eigenvalue weighted by Crippen LogP contribution is 2.32. The van der Waals surface area contributed by atoms with E-state index in [-0.39, 0.29) is 0 Å². The molecule has 30 heavy (non-hydrogen) atoms. The molecule has 0 spiro atoms. The van der Waals surface area contributed by atoms with E-state index >= 15 is 0 Å². The third-order valence-corrected chi connectivity index (χ3v) is 5.93. The number of rotatable bonds is 5. The van der Waals surface area contributed by atoms with Crippen LogP contribution in [0.5, 0.6) is 0 Å². The first-order valence-electron chi connectivity index (χ1n) is 9.48. The molecule has 3 heterocycles. The Morgan fingerprint density at radius 3 is 2.53 bits per heavy atom. The van der Waals surface area contributed by atoms with Crippen molar-refractivity contribution in [2.24, 2.45) is 0 Å². The van der Waals surface area contributed by atoms with Crippen LogP contribution in [0.4, 0.5) is 0 Å². The van der Waals surface area contributed by atoms with Crippen molar-refractivity contribution in [3.05, 3.63) is 89.7 Å². The van der Waals surface area contributed by atoms with Gasteiger partial charge in [0, 0.05) is 21.7 Å². The number of imidazole rings is 1. The summed E-state index contributed by atoms with van der Waals surface area (Å²) in [6.07, 6.45) is 6.04. The number of halogens is 1. The Kier molecular flexibility index (Phi) is 5.02. The Balaban J connectivity index is 1.56. The average Bonchev–Trinajstić information content (AvgIpc) is 3.39. The van der Waals surface area contributed by atoms with E-state index < -0.39 is 0 Å². The number of pyridine rings is 1. The van der Waals surface area contributed by atoms with E-state index in [1.807, 2.05) is 63.9 Å². The van der Waals surface area contributed by atoms with Gasteiger partial charge in [0.15, 0.2) is 0 Å². The van der Waals surface area contributed by atoms with Crippen LogP contribution < -0.4 is 0 Å². The second-order valence-corrected chi connectivity index (χ2v) is 8.21. The number of nitrogens with zero attached hydrogens (tertiary/aromatic N) is 5. The van der Waals surface area contributed by atoms with E-state index in [0.29, 0.717) is 11.6 Å². The van der Waals surface area contributed by atoms with Gasteiger partial charge in [-0.15, -0.1) is 16.9 Å².